The summed E-state index contributed by atoms with van der Waals surface area (Å²) in [5.74, 6) is 0.733. The SMILES string of the molecule is CC(N)CCC(=O)NCCCOCC1CCOCC1.Cl. The maximum Gasteiger partial charge on any atom is 0.220 e. The van der Waals surface area contributed by atoms with Crippen LogP contribution >= 0.6 is 12.4 Å². The van der Waals surface area contributed by atoms with Gasteiger partial charge in [-0.15, -0.1) is 12.4 Å². The predicted octanol–water partition coefficient (Wildman–Crippen LogP) is 1.49. The smallest absolute Gasteiger partial charge is 0.220 e. The molecule has 5 nitrogen and oxygen atoms in total. The molecule has 20 heavy (non-hydrogen) atoms. The van der Waals surface area contributed by atoms with E-state index >= 15 is 0 Å². The Morgan fingerprint density at radius 3 is 2.80 bits per heavy atom. The molecule has 1 aliphatic rings. The standard InChI is InChI=1S/C14H28N2O3.ClH/c1-12(15)3-4-14(17)16-7-2-8-19-11-13-5-9-18-10-6-13;/h12-13H,2-11,15H2,1H3,(H,16,17);1H. The van der Waals surface area contributed by atoms with Gasteiger partial charge < -0.3 is 20.5 Å². The van der Waals surface area contributed by atoms with E-state index in [4.69, 9.17) is 15.2 Å². The molecule has 6 heteroatoms. The van der Waals surface area contributed by atoms with E-state index in [-0.39, 0.29) is 24.4 Å². The van der Waals surface area contributed by atoms with Crippen molar-refractivity contribution in [3.05, 3.63) is 0 Å². The average Bonchev–Trinajstić information content (AvgIpc) is 2.41. The fraction of sp³-hybridized carbons (Fsp3) is 0.929. The number of nitrogens with one attached hydrogen (secondary N) is 1. The summed E-state index contributed by atoms with van der Waals surface area (Å²) in [5, 5.41) is 2.88. The maximum absolute atomic E-state index is 11.4. The summed E-state index contributed by atoms with van der Waals surface area (Å²) in [5.41, 5.74) is 5.60. The Bertz CT molecular complexity index is 247. The number of halogens is 1. The number of carbonyl (C=O) groups excluding carboxylic acids is 1. The molecule has 0 aliphatic carbocycles. The van der Waals surface area contributed by atoms with Gasteiger partial charge in [-0.05, 0) is 38.5 Å². The lowest BCUT2D eigenvalue weighted by molar-refractivity contribution is -0.121. The molecule has 0 radical (unpaired) electrons. The van der Waals surface area contributed by atoms with Crippen molar-refractivity contribution in [3.63, 3.8) is 0 Å². The average molecular weight is 309 g/mol. The lowest BCUT2D eigenvalue weighted by atomic mass is 10.0. The van der Waals surface area contributed by atoms with Crippen LogP contribution in [0.2, 0.25) is 0 Å². The Hall–Kier alpha value is -0.360. The summed E-state index contributed by atoms with van der Waals surface area (Å²) in [6, 6.07) is 0.0913. The third-order valence-corrected chi connectivity index (χ3v) is 3.31. The monoisotopic (exact) mass is 308 g/mol. The molecule has 1 saturated heterocycles. The molecule has 0 bridgehead atoms. The molecular weight excluding hydrogens is 280 g/mol. The third-order valence-electron chi connectivity index (χ3n) is 3.31. The van der Waals surface area contributed by atoms with E-state index in [1.54, 1.807) is 0 Å². The highest BCUT2D eigenvalue weighted by molar-refractivity contribution is 5.85. The lowest BCUT2D eigenvalue weighted by Gasteiger charge is -2.21. The number of amides is 1. The largest absolute Gasteiger partial charge is 0.381 e. The van der Waals surface area contributed by atoms with Crippen LogP contribution in [0.5, 0.6) is 0 Å². The van der Waals surface area contributed by atoms with E-state index in [0.29, 0.717) is 25.5 Å². The maximum atomic E-state index is 11.4. The van der Waals surface area contributed by atoms with Crippen LogP contribution in [0.3, 0.4) is 0 Å². The molecule has 3 N–H and O–H groups in total. The second-order valence-corrected chi connectivity index (χ2v) is 5.35. The van der Waals surface area contributed by atoms with Crippen LogP contribution in [0, 0.1) is 5.92 Å². The summed E-state index contributed by atoms with van der Waals surface area (Å²) < 4.78 is 10.9. The predicted molar refractivity (Wildman–Crippen MR) is 82.1 cm³/mol. The molecule has 0 aromatic rings. The van der Waals surface area contributed by atoms with Crippen molar-refractivity contribution in [2.45, 2.75) is 45.1 Å². The molecule has 1 heterocycles. The molecule has 0 saturated carbocycles. The normalized spacial score (nSPS) is 17.3. The molecule has 0 aromatic heterocycles. The number of ether oxygens (including phenoxy) is 2. The second-order valence-electron chi connectivity index (χ2n) is 5.35. The van der Waals surface area contributed by atoms with Crippen LogP contribution in [0.4, 0.5) is 0 Å². The Kier molecular flexibility index (Phi) is 12.2. The van der Waals surface area contributed by atoms with Gasteiger partial charge in [0, 0.05) is 45.4 Å². The molecule has 1 atom stereocenters. The Morgan fingerprint density at radius 2 is 2.15 bits per heavy atom. The summed E-state index contributed by atoms with van der Waals surface area (Å²) in [6.45, 7) is 5.86. The quantitative estimate of drug-likeness (QED) is 0.633. The van der Waals surface area contributed by atoms with Gasteiger partial charge in [0.1, 0.15) is 0 Å². The first-order chi connectivity index (χ1) is 9.18. The van der Waals surface area contributed by atoms with Crippen molar-refractivity contribution in [1.82, 2.24) is 5.32 Å². The van der Waals surface area contributed by atoms with E-state index in [0.717, 1.165) is 45.5 Å². The number of carbonyl (C=O) groups is 1. The lowest BCUT2D eigenvalue weighted by Crippen LogP contribution is -2.27. The topological polar surface area (TPSA) is 73.6 Å². The molecule has 120 valence electrons. The van der Waals surface area contributed by atoms with E-state index in [1.807, 2.05) is 6.92 Å². The van der Waals surface area contributed by atoms with E-state index < -0.39 is 0 Å². The molecule has 1 aliphatic heterocycles. The van der Waals surface area contributed by atoms with Crippen LogP contribution in [0.15, 0.2) is 0 Å². The van der Waals surface area contributed by atoms with Gasteiger partial charge in [0.15, 0.2) is 0 Å². The van der Waals surface area contributed by atoms with E-state index in [2.05, 4.69) is 5.32 Å². The molecule has 1 unspecified atom stereocenters. The van der Waals surface area contributed by atoms with Crippen LogP contribution in [-0.4, -0.2) is 44.9 Å². The van der Waals surface area contributed by atoms with Crippen LogP contribution in [-0.2, 0) is 14.3 Å². The van der Waals surface area contributed by atoms with Crippen molar-refractivity contribution in [3.8, 4) is 0 Å². The number of rotatable bonds is 9. The zero-order valence-corrected chi connectivity index (χ0v) is 13.3. The van der Waals surface area contributed by atoms with Gasteiger partial charge in [-0.2, -0.15) is 0 Å². The molecule has 0 aromatic carbocycles. The van der Waals surface area contributed by atoms with Gasteiger partial charge in [-0.25, -0.2) is 0 Å². The fourth-order valence-corrected chi connectivity index (χ4v) is 2.01. The van der Waals surface area contributed by atoms with Crippen molar-refractivity contribution >= 4 is 18.3 Å². The van der Waals surface area contributed by atoms with Crippen molar-refractivity contribution in [2.75, 3.05) is 33.0 Å². The van der Waals surface area contributed by atoms with Gasteiger partial charge in [0.2, 0.25) is 5.91 Å². The number of nitrogens with two attached hydrogens (primary N) is 1. The van der Waals surface area contributed by atoms with Gasteiger partial charge in [-0.3, -0.25) is 4.79 Å². The van der Waals surface area contributed by atoms with Crippen molar-refractivity contribution < 1.29 is 14.3 Å². The van der Waals surface area contributed by atoms with E-state index in [9.17, 15) is 4.79 Å². The van der Waals surface area contributed by atoms with Gasteiger partial charge in [0.05, 0.1) is 0 Å². The summed E-state index contributed by atoms with van der Waals surface area (Å²) in [4.78, 5) is 11.4. The summed E-state index contributed by atoms with van der Waals surface area (Å²) in [6.07, 6.45) is 4.34. The Morgan fingerprint density at radius 1 is 1.45 bits per heavy atom. The zero-order chi connectivity index (χ0) is 13.9. The molecule has 1 fully saturated rings. The second kappa shape index (κ2) is 12.4. The molecule has 1 amide bonds. The number of hydrogen-bond donors (Lipinski definition) is 2. The Balaban J connectivity index is 0.00000361. The summed E-state index contributed by atoms with van der Waals surface area (Å²) in [7, 11) is 0. The van der Waals surface area contributed by atoms with Crippen LogP contribution < -0.4 is 11.1 Å². The molecule has 1 rings (SSSR count). The highest BCUT2D eigenvalue weighted by atomic mass is 35.5. The van der Waals surface area contributed by atoms with Crippen LogP contribution in [0.25, 0.3) is 0 Å². The minimum Gasteiger partial charge on any atom is -0.381 e. The third kappa shape index (κ3) is 10.4. The minimum absolute atomic E-state index is 0. The van der Waals surface area contributed by atoms with Gasteiger partial charge >= 0.3 is 0 Å². The minimum atomic E-state index is 0. The van der Waals surface area contributed by atoms with Crippen molar-refractivity contribution in [2.24, 2.45) is 11.7 Å². The highest BCUT2D eigenvalue weighted by Crippen LogP contribution is 2.14. The molecular formula is C14H29ClN2O3. The molecule has 0 spiro atoms. The van der Waals surface area contributed by atoms with Gasteiger partial charge in [-0.1, -0.05) is 0 Å². The first kappa shape index (κ1) is 19.6. The summed E-state index contributed by atoms with van der Waals surface area (Å²) >= 11 is 0. The van der Waals surface area contributed by atoms with Gasteiger partial charge in [0.25, 0.3) is 0 Å². The fourth-order valence-electron chi connectivity index (χ4n) is 2.01. The van der Waals surface area contributed by atoms with E-state index in [1.165, 1.54) is 0 Å². The number of hydrogen-bond acceptors (Lipinski definition) is 4. The first-order valence-corrected chi connectivity index (χ1v) is 7.36. The zero-order valence-electron chi connectivity index (χ0n) is 12.4. The highest BCUT2D eigenvalue weighted by Gasteiger charge is 2.13. The van der Waals surface area contributed by atoms with Crippen LogP contribution in [0.1, 0.15) is 39.0 Å². The van der Waals surface area contributed by atoms with Crippen molar-refractivity contribution in [1.29, 1.82) is 0 Å². The Labute approximate surface area is 128 Å². The first-order valence-electron chi connectivity index (χ1n) is 7.36.